The molecule has 18 heavy (non-hydrogen) atoms. The average Bonchev–Trinajstić information content (AvgIpc) is 2.31. The molecule has 1 aromatic rings. The highest BCUT2D eigenvalue weighted by Gasteiger charge is 2.25. The van der Waals surface area contributed by atoms with Gasteiger partial charge in [0.15, 0.2) is 0 Å². The molecule has 3 nitrogen and oxygen atoms in total. The van der Waals surface area contributed by atoms with E-state index in [0.717, 1.165) is 0 Å². The van der Waals surface area contributed by atoms with Gasteiger partial charge in [0.05, 0.1) is 13.2 Å². The van der Waals surface area contributed by atoms with Gasteiger partial charge in [0.25, 0.3) is 0 Å². The number of nitrogens with zero attached hydrogens (tertiary/aromatic N) is 1. The lowest BCUT2D eigenvalue weighted by Crippen LogP contribution is -2.44. The van der Waals surface area contributed by atoms with Gasteiger partial charge < -0.3 is 15.0 Å². The van der Waals surface area contributed by atoms with Crippen molar-refractivity contribution in [3.63, 3.8) is 0 Å². The fourth-order valence-electron chi connectivity index (χ4n) is 2.26. The van der Waals surface area contributed by atoms with E-state index < -0.39 is 11.6 Å². The Morgan fingerprint density at radius 3 is 2.61 bits per heavy atom. The van der Waals surface area contributed by atoms with Gasteiger partial charge in [-0.25, -0.2) is 8.78 Å². The number of hydrogen-bond donors (Lipinski definition) is 1. The van der Waals surface area contributed by atoms with Crippen LogP contribution in [-0.4, -0.2) is 32.8 Å². The van der Waals surface area contributed by atoms with Crippen molar-refractivity contribution in [2.24, 2.45) is 0 Å². The van der Waals surface area contributed by atoms with Crippen molar-refractivity contribution >= 4 is 5.69 Å². The maximum Gasteiger partial charge on any atom is 0.149 e. The van der Waals surface area contributed by atoms with Crippen LogP contribution in [0, 0.1) is 11.6 Å². The van der Waals surface area contributed by atoms with Crippen molar-refractivity contribution in [1.82, 2.24) is 5.32 Å². The number of hydrogen-bond acceptors (Lipinski definition) is 3. The van der Waals surface area contributed by atoms with Crippen LogP contribution in [0.25, 0.3) is 0 Å². The summed E-state index contributed by atoms with van der Waals surface area (Å²) in [6, 6.07) is 2.76. The number of rotatable bonds is 3. The first-order valence-electron chi connectivity index (χ1n) is 6.10. The molecule has 0 aromatic heterocycles. The molecule has 0 aliphatic carbocycles. The molecule has 1 aliphatic heterocycles. The van der Waals surface area contributed by atoms with Crippen LogP contribution < -0.4 is 10.2 Å². The maximum absolute atomic E-state index is 14.0. The minimum atomic E-state index is -0.506. The number of ether oxygens (including phenoxy) is 1. The predicted molar refractivity (Wildman–Crippen MR) is 66.7 cm³/mol. The van der Waals surface area contributed by atoms with E-state index in [2.05, 4.69) is 5.32 Å². The van der Waals surface area contributed by atoms with E-state index >= 15 is 0 Å². The molecule has 1 fully saturated rings. The summed E-state index contributed by atoms with van der Waals surface area (Å²) in [6.07, 6.45) is 0. The Balaban J connectivity index is 2.32. The largest absolute Gasteiger partial charge is 0.377 e. The summed E-state index contributed by atoms with van der Waals surface area (Å²) >= 11 is 0. The Morgan fingerprint density at radius 2 is 2.06 bits per heavy atom. The van der Waals surface area contributed by atoms with Gasteiger partial charge in [0.2, 0.25) is 0 Å². The summed E-state index contributed by atoms with van der Waals surface area (Å²) < 4.78 is 33.4. The molecule has 1 heterocycles. The van der Waals surface area contributed by atoms with Crippen molar-refractivity contribution in [1.29, 1.82) is 0 Å². The molecule has 0 spiro atoms. The van der Waals surface area contributed by atoms with Crippen molar-refractivity contribution in [2.45, 2.75) is 19.5 Å². The van der Waals surface area contributed by atoms with Crippen molar-refractivity contribution < 1.29 is 13.5 Å². The lowest BCUT2D eigenvalue weighted by Gasteiger charge is -2.35. The molecule has 0 bridgehead atoms. The minimum Gasteiger partial charge on any atom is -0.377 e. The average molecular weight is 256 g/mol. The second-order valence-electron chi connectivity index (χ2n) is 4.56. The van der Waals surface area contributed by atoms with Crippen LogP contribution in [-0.2, 0) is 11.3 Å². The van der Waals surface area contributed by atoms with E-state index in [1.54, 1.807) is 11.9 Å². The van der Waals surface area contributed by atoms with Crippen molar-refractivity contribution in [3.05, 3.63) is 29.3 Å². The molecular weight excluding hydrogens is 238 g/mol. The number of morpholine rings is 1. The molecule has 5 heteroatoms. The van der Waals surface area contributed by atoms with Crippen LogP contribution in [0.2, 0.25) is 0 Å². The lowest BCUT2D eigenvalue weighted by molar-refractivity contribution is 0.0982. The molecule has 1 N–H and O–H groups in total. The Kier molecular flexibility index (Phi) is 4.14. The van der Waals surface area contributed by atoms with E-state index in [9.17, 15) is 8.78 Å². The summed E-state index contributed by atoms with van der Waals surface area (Å²) in [5.74, 6) is -1.01. The van der Waals surface area contributed by atoms with Crippen molar-refractivity contribution in [2.75, 3.05) is 31.7 Å². The lowest BCUT2D eigenvalue weighted by atomic mass is 10.1. The molecule has 2 rings (SSSR count). The third-order valence-corrected chi connectivity index (χ3v) is 3.11. The maximum atomic E-state index is 14.0. The summed E-state index contributed by atoms with van der Waals surface area (Å²) in [7, 11) is 1.74. The first-order valence-corrected chi connectivity index (χ1v) is 6.10. The number of halogens is 2. The highest BCUT2D eigenvalue weighted by molar-refractivity contribution is 5.52. The van der Waals surface area contributed by atoms with Crippen LogP contribution in [0.3, 0.4) is 0 Å². The van der Waals surface area contributed by atoms with Gasteiger partial charge in [-0.2, -0.15) is 0 Å². The van der Waals surface area contributed by atoms with Gasteiger partial charge in [-0.15, -0.1) is 0 Å². The molecule has 1 unspecified atom stereocenters. The first-order chi connectivity index (χ1) is 8.63. The Morgan fingerprint density at radius 1 is 1.39 bits per heavy atom. The second-order valence-corrected chi connectivity index (χ2v) is 4.56. The van der Waals surface area contributed by atoms with Gasteiger partial charge >= 0.3 is 0 Å². The van der Waals surface area contributed by atoms with E-state index in [1.807, 2.05) is 6.92 Å². The fraction of sp³-hybridized carbons (Fsp3) is 0.538. The van der Waals surface area contributed by atoms with Crippen LogP contribution >= 0.6 is 0 Å². The zero-order valence-electron chi connectivity index (χ0n) is 10.7. The molecule has 0 amide bonds. The summed E-state index contributed by atoms with van der Waals surface area (Å²) in [6.45, 7) is 3.87. The van der Waals surface area contributed by atoms with Crippen LogP contribution in [0.1, 0.15) is 12.5 Å². The van der Waals surface area contributed by atoms with Gasteiger partial charge in [0, 0.05) is 19.1 Å². The number of nitrogens with one attached hydrogen (secondary N) is 1. The van der Waals surface area contributed by atoms with Gasteiger partial charge in [-0.1, -0.05) is 0 Å². The number of benzene rings is 1. The van der Waals surface area contributed by atoms with Crippen LogP contribution in [0.5, 0.6) is 0 Å². The SMILES string of the molecule is CNCc1cc(F)c(N2CCOCC2C)c(F)c1. The smallest absolute Gasteiger partial charge is 0.149 e. The number of anilines is 1. The first kappa shape index (κ1) is 13.2. The van der Waals surface area contributed by atoms with E-state index in [1.165, 1.54) is 12.1 Å². The van der Waals surface area contributed by atoms with E-state index in [4.69, 9.17) is 4.74 Å². The van der Waals surface area contributed by atoms with E-state index in [0.29, 0.717) is 31.9 Å². The molecule has 1 atom stereocenters. The molecule has 0 saturated carbocycles. The normalized spacial score (nSPS) is 20.2. The standard InChI is InChI=1S/C13H18F2N2O/c1-9-8-18-4-3-17(9)13-11(14)5-10(7-16-2)6-12(13)15/h5-6,9,16H,3-4,7-8H2,1-2H3. The summed E-state index contributed by atoms with van der Waals surface area (Å²) in [4.78, 5) is 1.73. The third-order valence-electron chi connectivity index (χ3n) is 3.11. The highest BCUT2D eigenvalue weighted by atomic mass is 19.1. The minimum absolute atomic E-state index is 0.0158. The van der Waals surface area contributed by atoms with Gasteiger partial charge in [-0.05, 0) is 31.7 Å². The molecular formula is C13H18F2N2O. The monoisotopic (exact) mass is 256 g/mol. The zero-order valence-corrected chi connectivity index (χ0v) is 10.7. The van der Waals surface area contributed by atoms with Crippen molar-refractivity contribution in [3.8, 4) is 0 Å². The molecule has 0 radical (unpaired) electrons. The summed E-state index contributed by atoms with van der Waals surface area (Å²) in [5.41, 5.74) is 0.669. The highest BCUT2D eigenvalue weighted by Crippen LogP contribution is 2.27. The predicted octanol–water partition coefficient (Wildman–Crippen LogP) is 1.91. The van der Waals surface area contributed by atoms with Gasteiger partial charge in [0.1, 0.15) is 17.3 Å². The van der Waals surface area contributed by atoms with E-state index in [-0.39, 0.29) is 11.7 Å². The Bertz CT molecular complexity index is 402. The molecule has 1 aliphatic rings. The quantitative estimate of drug-likeness (QED) is 0.894. The molecule has 1 aromatic carbocycles. The second kappa shape index (κ2) is 5.63. The zero-order chi connectivity index (χ0) is 13.1. The molecule has 1 saturated heterocycles. The van der Waals surface area contributed by atoms with Crippen LogP contribution in [0.15, 0.2) is 12.1 Å². The fourth-order valence-corrected chi connectivity index (χ4v) is 2.26. The third kappa shape index (κ3) is 2.62. The topological polar surface area (TPSA) is 24.5 Å². The summed E-state index contributed by atoms with van der Waals surface area (Å²) in [5, 5.41) is 2.88. The van der Waals surface area contributed by atoms with Gasteiger partial charge in [-0.3, -0.25) is 0 Å². The Hall–Kier alpha value is -1.20. The molecule has 100 valence electrons. The Labute approximate surface area is 106 Å². The van der Waals surface area contributed by atoms with Crippen LogP contribution in [0.4, 0.5) is 14.5 Å².